The Balaban J connectivity index is 2.86. The number of hydrogen-bond donors (Lipinski definition) is 1. The lowest BCUT2D eigenvalue weighted by Gasteiger charge is -2.10. The van der Waals surface area contributed by atoms with Crippen LogP contribution in [0.5, 0.6) is 0 Å². The molecule has 0 aliphatic carbocycles. The Kier molecular flexibility index (Phi) is 4.53. The van der Waals surface area contributed by atoms with Gasteiger partial charge in [0.15, 0.2) is 5.78 Å². The van der Waals surface area contributed by atoms with Gasteiger partial charge in [0.1, 0.15) is 0 Å². The molecule has 0 atom stereocenters. The third-order valence-electron chi connectivity index (χ3n) is 2.26. The van der Waals surface area contributed by atoms with Crippen molar-refractivity contribution in [2.45, 2.75) is 26.4 Å². The summed E-state index contributed by atoms with van der Waals surface area (Å²) in [6.07, 6.45) is -2.63. The number of alkyl halides is 3. The van der Waals surface area contributed by atoms with Crippen LogP contribution < -0.4 is 5.32 Å². The molecule has 1 N–H and O–H groups in total. The van der Waals surface area contributed by atoms with E-state index in [0.717, 1.165) is 12.1 Å². The van der Waals surface area contributed by atoms with Crippen LogP contribution in [0.25, 0.3) is 0 Å². The van der Waals surface area contributed by atoms with E-state index in [4.69, 9.17) is 0 Å². The quantitative estimate of drug-likeness (QED) is 0.826. The summed E-state index contributed by atoms with van der Waals surface area (Å²) < 4.78 is 37.4. The van der Waals surface area contributed by atoms with Crippen molar-refractivity contribution >= 4 is 11.5 Å². The van der Waals surface area contributed by atoms with Crippen molar-refractivity contribution in [1.29, 1.82) is 0 Å². The summed E-state index contributed by atoms with van der Waals surface area (Å²) in [6, 6.07) is 4.85. The van der Waals surface area contributed by atoms with Gasteiger partial charge in [-0.25, -0.2) is 0 Å². The molecule has 0 saturated carbocycles. The molecule has 0 unspecified atom stereocenters. The molecule has 0 saturated heterocycles. The van der Waals surface area contributed by atoms with E-state index in [9.17, 15) is 18.0 Å². The zero-order chi connectivity index (χ0) is 13.8. The molecule has 5 heteroatoms. The number of ketones is 1. The molecule has 1 aromatic carbocycles. The molecule has 0 aliphatic heterocycles. The number of nitrogens with one attached hydrogen (secondary N) is 1. The fraction of sp³-hybridized carbons (Fsp3) is 0.308. The number of carbonyl (C=O) groups is 1. The van der Waals surface area contributed by atoms with Crippen molar-refractivity contribution in [1.82, 2.24) is 0 Å². The molecule has 0 aromatic heterocycles. The van der Waals surface area contributed by atoms with E-state index in [1.807, 2.05) is 0 Å². The van der Waals surface area contributed by atoms with Gasteiger partial charge in [0.25, 0.3) is 0 Å². The van der Waals surface area contributed by atoms with Gasteiger partial charge in [-0.05, 0) is 25.1 Å². The molecular formula is C13H14F3NO. The smallest absolute Gasteiger partial charge is 0.359 e. The van der Waals surface area contributed by atoms with E-state index in [1.165, 1.54) is 18.2 Å². The SMILES string of the molecule is CCC(=O)/C=C(\C)Nc1cccc(C(F)(F)F)c1. The molecule has 18 heavy (non-hydrogen) atoms. The molecule has 0 aliphatic rings. The molecule has 1 aromatic rings. The lowest BCUT2D eigenvalue weighted by Crippen LogP contribution is -2.06. The minimum absolute atomic E-state index is 0.0769. The highest BCUT2D eigenvalue weighted by molar-refractivity contribution is 5.90. The van der Waals surface area contributed by atoms with Crippen molar-refractivity contribution in [2.75, 3.05) is 5.32 Å². The Hall–Kier alpha value is -1.78. The van der Waals surface area contributed by atoms with Gasteiger partial charge in [-0.3, -0.25) is 4.79 Å². The van der Waals surface area contributed by atoms with Gasteiger partial charge in [0.05, 0.1) is 5.56 Å². The van der Waals surface area contributed by atoms with Crippen LogP contribution in [0.4, 0.5) is 18.9 Å². The standard InChI is InChI=1S/C13H14F3NO/c1-3-12(18)7-9(2)17-11-6-4-5-10(8-11)13(14,15)16/h4-8,17H,3H2,1-2H3/b9-7+. The molecule has 1 rings (SSSR count). The summed E-state index contributed by atoms with van der Waals surface area (Å²) in [7, 11) is 0. The highest BCUT2D eigenvalue weighted by Gasteiger charge is 2.30. The van der Waals surface area contributed by atoms with Crippen LogP contribution in [0.15, 0.2) is 36.0 Å². The lowest BCUT2D eigenvalue weighted by molar-refractivity contribution is -0.137. The van der Waals surface area contributed by atoms with E-state index in [2.05, 4.69) is 5.32 Å². The molecule has 0 bridgehead atoms. The summed E-state index contributed by atoms with van der Waals surface area (Å²) in [5.74, 6) is -0.0769. The van der Waals surface area contributed by atoms with Crippen LogP contribution in [0.3, 0.4) is 0 Å². The van der Waals surface area contributed by atoms with Crippen molar-refractivity contribution in [3.63, 3.8) is 0 Å². The van der Waals surface area contributed by atoms with Crippen LogP contribution in [0, 0.1) is 0 Å². The highest BCUT2D eigenvalue weighted by Crippen LogP contribution is 2.30. The summed E-state index contributed by atoms with van der Waals surface area (Å²) >= 11 is 0. The average molecular weight is 257 g/mol. The average Bonchev–Trinajstić information content (AvgIpc) is 2.27. The molecule has 2 nitrogen and oxygen atoms in total. The maximum atomic E-state index is 12.5. The molecular weight excluding hydrogens is 243 g/mol. The zero-order valence-electron chi connectivity index (χ0n) is 10.1. The first kappa shape index (κ1) is 14.3. The first-order chi connectivity index (χ1) is 8.32. The second kappa shape index (κ2) is 5.71. The summed E-state index contributed by atoms with van der Waals surface area (Å²) in [5.41, 5.74) is 0.103. The predicted octanol–water partition coefficient (Wildman–Crippen LogP) is 4.00. The van der Waals surface area contributed by atoms with Gasteiger partial charge in [0, 0.05) is 23.9 Å². The first-order valence-electron chi connectivity index (χ1n) is 5.48. The van der Waals surface area contributed by atoms with Gasteiger partial charge in [0.2, 0.25) is 0 Å². The van der Waals surface area contributed by atoms with Crippen LogP contribution in [0.1, 0.15) is 25.8 Å². The number of halogens is 3. The van der Waals surface area contributed by atoms with Gasteiger partial charge in [-0.15, -0.1) is 0 Å². The third-order valence-corrected chi connectivity index (χ3v) is 2.26. The number of benzene rings is 1. The van der Waals surface area contributed by atoms with E-state index in [1.54, 1.807) is 13.8 Å². The fourth-order valence-corrected chi connectivity index (χ4v) is 1.38. The topological polar surface area (TPSA) is 29.1 Å². The minimum Gasteiger partial charge on any atom is -0.359 e. The monoisotopic (exact) mass is 257 g/mol. The molecule has 98 valence electrons. The van der Waals surface area contributed by atoms with Crippen molar-refractivity contribution in [3.8, 4) is 0 Å². The van der Waals surface area contributed by atoms with Crippen molar-refractivity contribution < 1.29 is 18.0 Å². The van der Waals surface area contributed by atoms with Crippen LogP contribution in [-0.2, 0) is 11.0 Å². The number of carbonyl (C=O) groups excluding carboxylic acids is 1. The molecule has 0 spiro atoms. The molecule has 0 amide bonds. The third kappa shape index (κ3) is 4.24. The van der Waals surface area contributed by atoms with E-state index in [0.29, 0.717) is 17.8 Å². The number of rotatable bonds is 4. The maximum Gasteiger partial charge on any atom is 0.416 e. The fourth-order valence-electron chi connectivity index (χ4n) is 1.38. The van der Waals surface area contributed by atoms with E-state index < -0.39 is 11.7 Å². The van der Waals surface area contributed by atoms with Gasteiger partial charge in [-0.2, -0.15) is 13.2 Å². The number of anilines is 1. The Morgan fingerprint density at radius 3 is 2.61 bits per heavy atom. The summed E-state index contributed by atoms with van der Waals surface area (Å²) in [5, 5.41) is 2.76. The van der Waals surface area contributed by atoms with Crippen molar-refractivity contribution in [2.24, 2.45) is 0 Å². The second-order valence-electron chi connectivity index (χ2n) is 3.85. The van der Waals surface area contributed by atoms with E-state index in [-0.39, 0.29) is 5.78 Å². The van der Waals surface area contributed by atoms with Gasteiger partial charge < -0.3 is 5.32 Å². The predicted molar refractivity (Wildman–Crippen MR) is 64.1 cm³/mol. The molecule has 0 fully saturated rings. The molecule has 0 radical (unpaired) electrons. The lowest BCUT2D eigenvalue weighted by atomic mass is 10.2. The number of hydrogen-bond acceptors (Lipinski definition) is 2. The van der Waals surface area contributed by atoms with Crippen LogP contribution in [-0.4, -0.2) is 5.78 Å². The second-order valence-corrected chi connectivity index (χ2v) is 3.85. The summed E-state index contributed by atoms with van der Waals surface area (Å²) in [4.78, 5) is 11.1. The summed E-state index contributed by atoms with van der Waals surface area (Å²) in [6.45, 7) is 3.35. The Labute approximate surface area is 104 Å². The van der Waals surface area contributed by atoms with Crippen LogP contribution >= 0.6 is 0 Å². The normalized spacial score (nSPS) is 12.4. The van der Waals surface area contributed by atoms with E-state index >= 15 is 0 Å². The Morgan fingerprint density at radius 2 is 2.06 bits per heavy atom. The largest absolute Gasteiger partial charge is 0.416 e. The van der Waals surface area contributed by atoms with Gasteiger partial charge >= 0.3 is 6.18 Å². The first-order valence-corrected chi connectivity index (χ1v) is 5.48. The van der Waals surface area contributed by atoms with Crippen LogP contribution in [0.2, 0.25) is 0 Å². The minimum atomic E-state index is -4.37. The Bertz CT molecular complexity index is 464. The number of allylic oxidation sites excluding steroid dienone is 2. The Morgan fingerprint density at radius 1 is 1.39 bits per heavy atom. The van der Waals surface area contributed by atoms with Gasteiger partial charge in [-0.1, -0.05) is 13.0 Å². The highest BCUT2D eigenvalue weighted by atomic mass is 19.4. The van der Waals surface area contributed by atoms with Crippen molar-refractivity contribution in [3.05, 3.63) is 41.6 Å². The maximum absolute atomic E-state index is 12.5. The zero-order valence-corrected chi connectivity index (χ0v) is 10.1. The molecule has 0 heterocycles.